The van der Waals surface area contributed by atoms with Crippen molar-refractivity contribution < 1.29 is 14.4 Å². The summed E-state index contributed by atoms with van der Waals surface area (Å²) in [6.07, 6.45) is 1.82. The van der Waals surface area contributed by atoms with Gasteiger partial charge in [-0.3, -0.25) is 10.0 Å². The van der Waals surface area contributed by atoms with Crippen LogP contribution in [-0.2, 0) is 10.2 Å². The fourth-order valence-electron chi connectivity index (χ4n) is 4.13. The summed E-state index contributed by atoms with van der Waals surface area (Å²) in [5.74, 6) is -0.710. The van der Waals surface area contributed by atoms with E-state index < -0.39 is 11.3 Å². The van der Waals surface area contributed by atoms with Crippen molar-refractivity contribution in [1.82, 2.24) is 10.5 Å². The first kappa shape index (κ1) is 17.1. The van der Waals surface area contributed by atoms with Crippen molar-refractivity contribution in [2.24, 2.45) is 0 Å². The number of carbonyl (C=O) groups excluding carboxylic acids is 1. The number of hydroxylamine groups is 1. The normalized spacial score (nSPS) is 22.7. The molecule has 4 nitrogen and oxygen atoms in total. The fraction of sp³-hybridized carbons (Fsp3) is 0.300. The molecule has 0 radical (unpaired) electrons. The average molecular weight is 370 g/mol. The quantitative estimate of drug-likeness (QED) is 0.529. The number of para-hydroxylation sites is 1. The van der Waals surface area contributed by atoms with Crippen LogP contribution in [0.4, 0.5) is 4.39 Å². The number of aromatic nitrogens is 1. The molecule has 1 heterocycles. The minimum absolute atomic E-state index is 0.104. The van der Waals surface area contributed by atoms with Gasteiger partial charge in [-0.05, 0) is 55.5 Å². The van der Waals surface area contributed by atoms with Crippen LogP contribution >= 0.6 is 11.3 Å². The van der Waals surface area contributed by atoms with E-state index in [1.54, 1.807) is 30.4 Å². The molecule has 26 heavy (non-hydrogen) atoms. The SMILES string of the molecule is Cc1c(F)cccc1[C@]1(C(=O)NO)CCC(c2nc3ccccc3s2)C1. The molecule has 2 N–H and O–H groups in total. The van der Waals surface area contributed by atoms with Crippen LogP contribution in [0, 0.1) is 12.7 Å². The Bertz CT molecular complexity index is 954. The summed E-state index contributed by atoms with van der Waals surface area (Å²) in [7, 11) is 0. The Morgan fingerprint density at radius 1 is 1.31 bits per heavy atom. The molecule has 1 saturated carbocycles. The number of hydrogen-bond acceptors (Lipinski definition) is 4. The first-order chi connectivity index (χ1) is 12.5. The van der Waals surface area contributed by atoms with Gasteiger partial charge in [0.05, 0.1) is 20.6 Å². The van der Waals surface area contributed by atoms with Gasteiger partial charge in [-0.25, -0.2) is 14.9 Å². The van der Waals surface area contributed by atoms with Gasteiger partial charge in [0.1, 0.15) is 5.82 Å². The van der Waals surface area contributed by atoms with Gasteiger partial charge in [0.15, 0.2) is 0 Å². The maximum Gasteiger partial charge on any atom is 0.254 e. The second kappa shape index (κ2) is 6.45. The maximum absolute atomic E-state index is 14.1. The monoisotopic (exact) mass is 370 g/mol. The Labute approximate surface area is 154 Å². The second-order valence-electron chi connectivity index (χ2n) is 6.89. The molecule has 4 rings (SSSR count). The van der Waals surface area contributed by atoms with Gasteiger partial charge in [-0.1, -0.05) is 24.3 Å². The van der Waals surface area contributed by atoms with Gasteiger partial charge >= 0.3 is 0 Å². The van der Waals surface area contributed by atoms with Crippen molar-refractivity contribution in [1.29, 1.82) is 0 Å². The van der Waals surface area contributed by atoms with Crippen LogP contribution in [0.25, 0.3) is 10.2 Å². The minimum atomic E-state index is -0.941. The summed E-state index contributed by atoms with van der Waals surface area (Å²) < 4.78 is 15.2. The molecular formula is C20H19FN2O2S. The van der Waals surface area contributed by atoms with Crippen LogP contribution < -0.4 is 5.48 Å². The van der Waals surface area contributed by atoms with Gasteiger partial charge in [0, 0.05) is 5.92 Å². The van der Waals surface area contributed by atoms with Crippen LogP contribution in [0.5, 0.6) is 0 Å². The van der Waals surface area contributed by atoms with Crippen LogP contribution in [0.1, 0.15) is 41.3 Å². The first-order valence-corrected chi connectivity index (χ1v) is 9.42. The maximum atomic E-state index is 14.1. The molecule has 0 bridgehead atoms. The number of nitrogens with one attached hydrogen (secondary N) is 1. The third kappa shape index (κ3) is 2.61. The summed E-state index contributed by atoms with van der Waals surface area (Å²) in [5, 5.41) is 10.3. The molecule has 1 aromatic heterocycles. The van der Waals surface area contributed by atoms with Gasteiger partial charge in [-0.15, -0.1) is 11.3 Å². The molecule has 2 aromatic carbocycles. The molecule has 3 aromatic rings. The number of benzene rings is 2. The molecule has 0 saturated heterocycles. The molecule has 2 atom stereocenters. The highest BCUT2D eigenvalue weighted by Crippen LogP contribution is 2.50. The molecule has 6 heteroatoms. The molecule has 1 aliphatic carbocycles. The smallest absolute Gasteiger partial charge is 0.254 e. The number of nitrogens with zero attached hydrogens (tertiary/aromatic N) is 1. The Hall–Kier alpha value is -2.31. The number of rotatable bonds is 3. The van der Waals surface area contributed by atoms with Crippen molar-refractivity contribution >= 4 is 27.5 Å². The third-order valence-electron chi connectivity index (χ3n) is 5.49. The van der Waals surface area contributed by atoms with Gasteiger partial charge in [0.25, 0.3) is 5.91 Å². The number of thiazole rings is 1. The highest BCUT2D eigenvalue weighted by molar-refractivity contribution is 7.18. The molecule has 0 spiro atoms. The molecule has 134 valence electrons. The lowest BCUT2D eigenvalue weighted by Gasteiger charge is -2.29. The largest absolute Gasteiger partial charge is 0.289 e. The van der Waals surface area contributed by atoms with Crippen molar-refractivity contribution in [3.8, 4) is 0 Å². The number of fused-ring (bicyclic) bond motifs is 1. The molecule has 1 amide bonds. The lowest BCUT2D eigenvalue weighted by atomic mass is 9.75. The number of halogens is 1. The van der Waals surface area contributed by atoms with Gasteiger partial charge in [0.2, 0.25) is 0 Å². The number of amides is 1. The van der Waals surface area contributed by atoms with E-state index in [9.17, 15) is 14.4 Å². The van der Waals surface area contributed by atoms with Crippen molar-refractivity contribution in [3.05, 3.63) is 64.4 Å². The summed E-state index contributed by atoms with van der Waals surface area (Å²) in [5.41, 5.74) is 2.93. The van der Waals surface area contributed by atoms with E-state index in [0.29, 0.717) is 24.0 Å². The van der Waals surface area contributed by atoms with Crippen molar-refractivity contribution in [2.45, 2.75) is 37.5 Å². The van der Waals surface area contributed by atoms with Crippen LogP contribution in [-0.4, -0.2) is 16.1 Å². The van der Waals surface area contributed by atoms with Crippen molar-refractivity contribution in [2.75, 3.05) is 0 Å². The Balaban J connectivity index is 1.75. The van der Waals surface area contributed by atoms with E-state index in [-0.39, 0.29) is 11.7 Å². The molecule has 1 aliphatic rings. The predicted molar refractivity (Wildman–Crippen MR) is 99.0 cm³/mol. The Morgan fingerprint density at radius 2 is 2.12 bits per heavy atom. The molecule has 1 unspecified atom stereocenters. The van der Waals surface area contributed by atoms with E-state index >= 15 is 0 Å². The van der Waals surface area contributed by atoms with Crippen LogP contribution in [0.2, 0.25) is 0 Å². The highest BCUT2D eigenvalue weighted by Gasteiger charge is 2.48. The third-order valence-corrected chi connectivity index (χ3v) is 6.69. The lowest BCUT2D eigenvalue weighted by Crippen LogP contribution is -2.42. The van der Waals surface area contributed by atoms with Crippen molar-refractivity contribution in [3.63, 3.8) is 0 Å². The predicted octanol–water partition coefficient (Wildman–Crippen LogP) is 4.45. The van der Waals surface area contributed by atoms with E-state index in [1.165, 1.54) is 6.07 Å². The highest BCUT2D eigenvalue weighted by atomic mass is 32.1. The Morgan fingerprint density at radius 3 is 2.88 bits per heavy atom. The summed E-state index contributed by atoms with van der Waals surface area (Å²) in [4.78, 5) is 17.4. The average Bonchev–Trinajstić information content (AvgIpc) is 3.28. The first-order valence-electron chi connectivity index (χ1n) is 8.61. The zero-order valence-corrected chi connectivity index (χ0v) is 15.1. The van der Waals surface area contributed by atoms with Gasteiger partial charge < -0.3 is 0 Å². The molecule has 0 aliphatic heterocycles. The summed E-state index contributed by atoms with van der Waals surface area (Å²) >= 11 is 1.64. The number of carbonyl (C=O) groups is 1. The zero-order chi connectivity index (χ0) is 18.3. The number of hydrogen-bond donors (Lipinski definition) is 2. The minimum Gasteiger partial charge on any atom is -0.289 e. The molecule has 1 fully saturated rings. The van der Waals surface area contributed by atoms with Crippen LogP contribution in [0.3, 0.4) is 0 Å². The standard InChI is InChI=1S/C20H19FN2O2S/c1-12-14(5-4-6-15(12)21)20(19(24)23-25)10-9-13(11-20)18-22-16-7-2-3-8-17(16)26-18/h2-8,13,25H,9-11H2,1H3,(H,23,24)/t13?,20-/m0/s1. The summed E-state index contributed by atoms with van der Waals surface area (Å²) in [6.45, 7) is 1.68. The fourth-order valence-corrected chi connectivity index (χ4v) is 5.23. The summed E-state index contributed by atoms with van der Waals surface area (Å²) in [6, 6.07) is 12.8. The lowest BCUT2D eigenvalue weighted by molar-refractivity contribution is -0.135. The van der Waals surface area contributed by atoms with Crippen LogP contribution in [0.15, 0.2) is 42.5 Å². The zero-order valence-electron chi connectivity index (χ0n) is 14.3. The Kier molecular flexibility index (Phi) is 4.25. The van der Waals surface area contributed by atoms with E-state index in [4.69, 9.17) is 4.98 Å². The molecular weight excluding hydrogens is 351 g/mol. The van der Waals surface area contributed by atoms with Gasteiger partial charge in [-0.2, -0.15) is 0 Å². The van der Waals surface area contributed by atoms with E-state index in [1.807, 2.05) is 29.7 Å². The van der Waals surface area contributed by atoms with E-state index in [2.05, 4.69) is 0 Å². The van der Waals surface area contributed by atoms with E-state index in [0.717, 1.165) is 21.6 Å². The topological polar surface area (TPSA) is 62.2 Å². The second-order valence-corrected chi connectivity index (χ2v) is 7.96.